The summed E-state index contributed by atoms with van der Waals surface area (Å²) in [5.41, 5.74) is 5.95. The lowest BCUT2D eigenvalue weighted by atomic mass is 10.3. The quantitative estimate of drug-likeness (QED) is 0.794. The lowest BCUT2D eigenvalue weighted by molar-refractivity contribution is 0.520. The molecule has 0 saturated carbocycles. The van der Waals surface area contributed by atoms with Crippen LogP contribution in [0.4, 0.5) is 5.69 Å². The van der Waals surface area contributed by atoms with E-state index in [9.17, 15) is 8.42 Å². The summed E-state index contributed by atoms with van der Waals surface area (Å²) in [4.78, 5) is 3.99. The van der Waals surface area contributed by atoms with Crippen molar-refractivity contribution in [2.45, 2.75) is 24.4 Å². The molecule has 1 atom stereocenters. The largest absolute Gasteiger partial charge is 0.398 e. The van der Waals surface area contributed by atoms with Gasteiger partial charge in [-0.15, -0.1) is 0 Å². The lowest BCUT2D eigenvalue weighted by Gasteiger charge is -2.16. The van der Waals surface area contributed by atoms with Gasteiger partial charge in [0.15, 0.2) is 0 Å². The highest BCUT2D eigenvalue weighted by molar-refractivity contribution is 9.10. The third-order valence-electron chi connectivity index (χ3n) is 2.67. The number of aromatic nitrogens is 2. The summed E-state index contributed by atoms with van der Waals surface area (Å²) >= 11 is 3.24. The van der Waals surface area contributed by atoms with Gasteiger partial charge in [-0.1, -0.05) is 15.9 Å². The molecule has 1 aromatic carbocycles. The first-order valence-electron chi connectivity index (χ1n) is 5.91. The van der Waals surface area contributed by atoms with E-state index in [2.05, 4.69) is 25.6 Å². The van der Waals surface area contributed by atoms with Crippen LogP contribution in [0.15, 0.2) is 46.3 Å². The van der Waals surface area contributed by atoms with Crippen molar-refractivity contribution in [1.82, 2.24) is 14.3 Å². The van der Waals surface area contributed by atoms with Gasteiger partial charge in [0.2, 0.25) is 10.0 Å². The number of hydrogen-bond acceptors (Lipinski definition) is 4. The smallest absolute Gasteiger partial charge is 0.242 e. The zero-order valence-electron chi connectivity index (χ0n) is 10.8. The Hall–Kier alpha value is -1.38. The number of anilines is 1. The number of nitrogens with one attached hydrogen (secondary N) is 1. The van der Waals surface area contributed by atoms with Crippen molar-refractivity contribution >= 4 is 31.6 Å². The maximum atomic E-state index is 12.3. The number of sulfonamides is 1. The Morgan fingerprint density at radius 2 is 2.25 bits per heavy atom. The summed E-state index contributed by atoms with van der Waals surface area (Å²) in [5, 5.41) is 0. The van der Waals surface area contributed by atoms with Crippen molar-refractivity contribution < 1.29 is 8.42 Å². The van der Waals surface area contributed by atoms with E-state index in [1.165, 1.54) is 6.07 Å². The van der Waals surface area contributed by atoms with E-state index in [4.69, 9.17) is 5.73 Å². The maximum Gasteiger partial charge on any atom is 0.242 e. The highest BCUT2D eigenvalue weighted by atomic mass is 79.9. The SMILES string of the molecule is CC(Cn1ccnc1)NS(=O)(=O)c1cc(Br)ccc1N. The Labute approximate surface area is 126 Å². The monoisotopic (exact) mass is 358 g/mol. The van der Waals surface area contributed by atoms with Crippen LogP contribution in [0.5, 0.6) is 0 Å². The van der Waals surface area contributed by atoms with Crippen LogP contribution in [0.3, 0.4) is 0 Å². The standard InChI is InChI=1S/C12H15BrN4O2S/c1-9(7-17-5-4-15-8-17)16-20(18,19)12-6-10(13)2-3-11(12)14/h2-6,8-9,16H,7,14H2,1H3. The van der Waals surface area contributed by atoms with Gasteiger partial charge in [0.1, 0.15) is 4.90 Å². The second kappa shape index (κ2) is 5.94. The number of nitrogens with zero attached hydrogens (tertiary/aromatic N) is 2. The molecule has 1 unspecified atom stereocenters. The first-order chi connectivity index (χ1) is 9.38. The molecule has 3 N–H and O–H groups in total. The summed E-state index contributed by atoms with van der Waals surface area (Å²) < 4.78 is 29.7. The van der Waals surface area contributed by atoms with Gasteiger partial charge >= 0.3 is 0 Å². The first kappa shape index (κ1) is 15.0. The average Bonchev–Trinajstić information content (AvgIpc) is 2.84. The highest BCUT2D eigenvalue weighted by Crippen LogP contribution is 2.23. The third-order valence-corrected chi connectivity index (χ3v) is 4.80. The van der Waals surface area contributed by atoms with Gasteiger partial charge in [-0.05, 0) is 25.1 Å². The Morgan fingerprint density at radius 3 is 2.90 bits per heavy atom. The van der Waals surface area contributed by atoms with Gasteiger partial charge in [0.05, 0.1) is 12.0 Å². The number of halogens is 1. The molecule has 0 aliphatic rings. The molecule has 0 saturated heterocycles. The molecule has 0 spiro atoms. The minimum absolute atomic E-state index is 0.0735. The van der Waals surface area contributed by atoms with Crippen molar-refractivity contribution in [3.63, 3.8) is 0 Å². The van der Waals surface area contributed by atoms with E-state index in [1.807, 2.05) is 0 Å². The Morgan fingerprint density at radius 1 is 1.50 bits per heavy atom. The molecule has 0 amide bonds. The maximum absolute atomic E-state index is 12.3. The molecule has 0 aliphatic carbocycles. The fourth-order valence-electron chi connectivity index (χ4n) is 1.82. The number of benzene rings is 1. The van der Waals surface area contributed by atoms with Gasteiger partial charge < -0.3 is 10.3 Å². The molecule has 1 aromatic heterocycles. The molecule has 20 heavy (non-hydrogen) atoms. The summed E-state index contributed by atoms with van der Waals surface area (Å²) in [6.07, 6.45) is 5.06. The molecule has 2 rings (SSSR count). The molecule has 2 aromatic rings. The Kier molecular flexibility index (Phi) is 4.46. The molecular formula is C12H15BrN4O2S. The number of nitrogens with two attached hydrogens (primary N) is 1. The van der Waals surface area contributed by atoms with Crippen LogP contribution in [-0.2, 0) is 16.6 Å². The molecule has 0 fully saturated rings. The van der Waals surface area contributed by atoms with Crippen molar-refractivity contribution in [3.05, 3.63) is 41.4 Å². The molecular weight excluding hydrogens is 344 g/mol. The number of hydrogen-bond donors (Lipinski definition) is 2. The zero-order chi connectivity index (χ0) is 14.8. The van der Waals surface area contributed by atoms with Crippen molar-refractivity contribution in [2.24, 2.45) is 0 Å². The van der Waals surface area contributed by atoms with Crippen LogP contribution in [0.1, 0.15) is 6.92 Å². The molecule has 8 heteroatoms. The van der Waals surface area contributed by atoms with Gasteiger partial charge in [-0.3, -0.25) is 0 Å². The van der Waals surface area contributed by atoms with Crippen LogP contribution in [0.2, 0.25) is 0 Å². The van der Waals surface area contributed by atoms with Crippen molar-refractivity contribution in [2.75, 3.05) is 5.73 Å². The van der Waals surface area contributed by atoms with Gasteiger partial charge in [-0.2, -0.15) is 0 Å². The van der Waals surface area contributed by atoms with Crippen LogP contribution >= 0.6 is 15.9 Å². The topological polar surface area (TPSA) is 90.0 Å². The van der Waals surface area contributed by atoms with E-state index in [1.54, 1.807) is 42.3 Å². The van der Waals surface area contributed by atoms with Crippen LogP contribution < -0.4 is 10.5 Å². The van der Waals surface area contributed by atoms with E-state index < -0.39 is 10.0 Å². The van der Waals surface area contributed by atoms with Crippen LogP contribution in [0.25, 0.3) is 0 Å². The van der Waals surface area contributed by atoms with E-state index >= 15 is 0 Å². The summed E-state index contributed by atoms with van der Waals surface area (Å²) in [5.74, 6) is 0. The predicted octanol–water partition coefficient (Wildman–Crippen LogP) is 1.59. The van der Waals surface area contributed by atoms with E-state index in [0.29, 0.717) is 11.0 Å². The Balaban J connectivity index is 2.16. The molecule has 1 heterocycles. The van der Waals surface area contributed by atoms with Gasteiger partial charge in [-0.25, -0.2) is 18.1 Å². The normalized spacial score (nSPS) is 13.3. The van der Waals surface area contributed by atoms with Gasteiger partial charge in [0.25, 0.3) is 0 Å². The fraction of sp³-hybridized carbons (Fsp3) is 0.250. The molecule has 108 valence electrons. The van der Waals surface area contributed by atoms with E-state index in [0.717, 1.165) is 0 Å². The molecule has 6 nitrogen and oxygen atoms in total. The minimum Gasteiger partial charge on any atom is -0.398 e. The van der Waals surface area contributed by atoms with E-state index in [-0.39, 0.29) is 16.6 Å². The summed E-state index contributed by atoms with van der Waals surface area (Å²) in [6.45, 7) is 2.28. The summed E-state index contributed by atoms with van der Waals surface area (Å²) in [6, 6.07) is 4.46. The van der Waals surface area contributed by atoms with Gasteiger partial charge in [0, 0.05) is 29.5 Å². The lowest BCUT2D eigenvalue weighted by Crippen LogP contribution is -2.35. The van der Waals surface area contributed by atoms with Crippen LogP contribution in [0, 0.1) is 0 Å². The number of rotatable bonds is 5. The second-order valence-corrected chi connectivity index (χ2v) is 7.06. The first-order valence-corrected chi connectivity index (χ1v) is 8.19. The fourth-order valence-corrected chi connectivity index (χ4v) is 3.72. The average molecular weight is 359 g/mol. The number of nitrogen functional groups attached to an aromatic ring is 1. The van der Waals surface area contributed by atoms with Crippen molar-refractivity contribution in [3.8, 4) is 0 Å². The zero-order valence-corrected chi connectivity index (χ0v) is 13.2. The number of imidazole rings is 1. The third kappa shape index (κ3) is 3.59. The van der Waals surface area contributed by atoms with Crippen LogP contribution in [-0.4, -0.2) is 24.0 Å². The highest BCUT2D eigenvalue weighted by Gasteiger charge is 2.20. The molecule has 0 bridgehead atoms. The molecule has 0 aliphatic heterocycles. The Bertz CT molecular complexity index is 685. The minimum atomic E-state index is -3.65. The second-order valence-electron chi connectivity index (χ2n) is 4.46. The molecule has 0 radical (unpaired) electrons. The van der Waals surface area contributed by atoms with Crippen molar-refractivity contribution in [1.29, 1.82) is 0 Å². The summed E-state index contributed by atoms with van der Waals surface area (Å²) in [7, 11) is -3.65. The predicted molar refractivity (Wildman–Crippen MR) is 80.6 cm³/mol.